The molecular weight excluding hydrogens is 372 g/mol. The van der Waals surface area contributed by atoms with Crippen LogP contribution < -0.4 is 15.5 Å². The average molecular weight is 396 g/mol. The van der Waals surface area contributed by atoms with Gasteiger partial charge < -0.3 is 19.4 Å². The van der Waals surface area contributed by atoms with Crippen LogP contribution in [0.5, 0.6) is 5.75 Å². The summed E-state index contributed by atoms with van der Waals surface area (Å²) >= 11 is 0. The highest BCUT2D eigenvalue weighted by molar-refractivity contribution is 5.98. The van der Waals surface area contributed by atoms with E-state index in [1.54, 1.807) is 11.5 Å². The zero-order valence-electron chi connectivity index (χ0n) is 16.3. The van der Waals surface area contributed by atoms with E-state index >= 15 is 0 Å². The Labute approximate surface area is 168 Å². The number of nitrogens with zero attached hydrogens (tertiary/aromatic N) is 1. The van der Waals surface area contributed by atoms with Crippen molar-refractivity contribution in [2.24, 2.45) is 0 Å². The van der Waals surface area contributed by atoms with E-state index in [9.17, 15) is 14.4 Å². The molecule has 1 aliphatic heterocycles. The molecule has 2 unspecified atom stereocenters. The highest BCUT2D eigenvalue weighted by Gasteiger charge is 2.38. The molecular formula is C22H24N2O5. The third kappa shape index (κ3) is 3.64. The van der Waals surface area contributed by atoms with Gasteiger partial charge in [-0.1, -0.05) is 43.2 Å². The molecule has 7 nitrogen and oxygen atoms in total. The molecule has 0 bridgehead atoms. The molecule has 1 aromatic heterocycles. The topological polar surface area (TPSA) is 86.6 Å². The number of aromatic nitrogens is 1. The molecule has 7 heteroatoms. The maximum Gasteiger partial charge on any atom is 0.343 e. The summed E-state index contributed by atoms with van der Waals surface area (Å²) in [7, 11) is 0. The maximum atomic E-state index is 13.1. The van der Waals surface area contributed by atoms with Crippen molar-refractivity contribution in [2.45, 2.75) is 51.3 Å². The van der Waals surface area contributed by atoms with Gasteiger partial charge in [-0.25, -0.2) is 4.79 Å². The van der Waals surface area contributed by atoms with Crippen LogP contribution in [-0.2, 0) is 11.3 Å². The predicted molar refractivity (Wildman–Crippen MR) is 106 cm³/mol. The standard InChI is InChI=1S/C22H24N2O5/c1-2-28-22(27)15-12-24-17-11-7-6-10-16(17)23-21(26)18(24)20(19(15)25)29-13-14-8-4-3-5-9-14/h3-5,8-9,12,16-17H,2,6-7,10-11,13H2,1H3,(H,23,26). The minimum Gasteiger partial charge on any atom is -0.483 e. The molecule has 29 heavy (non-hydrogen) atoms. The number of ether oxygens (including phenoxy) is 2. The van der Waals surface area contributed by atoms with E-state index in [-0.39, 0.29) is 48.2 Å². The summed E-state index contributed by atoms with van der Waals surface area (Å²) in [6.07, 6.45) is 5.28. The van der Waals surface area contributed by atoms with Crippen molar-refractivity contribution in [3.8, 4) is 5.75 Å². The molecule has 1 fully saturated rings. The van der Waals surface area contributed by atoms with Gasteiger partial charge in [0.05, 0.1) is 12.6 Å². The molecule has 2 aromatic rings. The van der Waals surface area contributed by atoms with Gasteiger partial charge in [0.15, 0.2) is 11.4 Å². The Bertz CT molecular complexity index is 983. The minimum absolute atomic E-state index is 0.00991. The zero-order chi connectivity index (χ0) is 20.4. The number of benzene rings is 1. The summed E-state index contributed by atoms with van der Waals surface area (Å²) in [6, 6.07) is 9.35. The number of rotatable bonds is 5. The Morgan fingerprint density at radius 2 is 1.93 bits per heavy atom. The summed E-state index contributed by atoms with van der Waals surface area (Å²) in [4.78, 5) is 38.4. The summed E-state index contributed by atoms with van der Waals surface area (Å²) in [6.45, 7) is 1.97. The Morgan fingerprint density at radius 1 is 1.17 bits per heavy atom. The van der Waals surface area contributed by atoms with Crippen LogP contribution in [0.25, 0.3) is 0 Å². The molecule has 0 radical (unpaired) electrons. The monoisotopic (exact) mass is 396 g/mol. The molecule has 1 aliphatic carbocycles. The fourth-order valence-corrected chi connectivity index (χ4v) is 4.16. The number of fused-ring (bicyclic) bond motifs is 3. The fraction of sp³-hybridized carbons (Fsp3) is 0.409. The summed E-state index contributed by atoms with van der Waals surface area (Å²) in [5, 5.41) is 3.02. The first-order chi connectivity index (χ1) is 14.1. The molecule has 1 aromatic carbocycles. The largest absolute Gasteiger partial charge is 0.483 e. The van der Waals surface area contributed by atoms with Gasteiger partial charge in [0, 0.05) is 12.2 Å². The number of hydrogen-bond acceptors (Lipinski definition) is 5. The average Bonchev–Trinajstić information content (AvgIpc) is 2.73. The molecule has 0 spiro atoms. The maximum absolute atomic E-state index is 13.1. The first-order valence-electron chi connectivity index (χ1n) is 10.0. The normalized spacial score (nSPS) is 20.2. The van der Waals surface area contributed by atoms with E-state index < -0.39 is 11.4 Å². The molecule has 152 valence electrons. The van der Waals surface area contributed by atoms with Gasteiger partial charge in [0.2, 0.25) is 5.43 Å². The Kier molecular flexibility index (Phi) is 5.38. The van der Waals surface area contributed by atoms with E-state index in [0.717, 1.165) is 31.2 Å². The highest BCUT2D eigenvalue weighted by Crippen LogP contribution is 2.35. The van der Waals surface area contributed by atoms with Crippen molar-refractivity contribution in [1.29, 1.82) is 0 Å². The van der Waals surface area contributed by atoms with Crippen LogP contribution in [0.3, 0.4) is 0 Å². The molecule has 2 atom stereocenters. The lowest BCUT2D eigenvalue weighted by Gasteiger charge is -2.39. The molecule has 1 N–H and O–H groups in total. The van der Waals surface area contributed by atoms with Crippen molar-refractivity contribution in [2.75, 3.05) is 6.61 Å². The number of amides is 1. The number of carbonyl (C=O) groups excluding carboxylic acids is 2. The fourth-order valence-electron chi connectivity index (χ4n) is 4.16. The quantitative estimate of drug-likeness (QED) is 0.786. The predicted octanol–water partition coefficient (Wildman–Crippen LogP) is 2.83. The minimum atomic E-state index is -0.698. The van der Waals surface area contributed by atoms with Crippen molar-refractivity contribution in [3.63, 3.8) is 0 Å². The molecule has 4 rings (SSSR count). The van der Waals surface area contributed by atoms with Gasteiger partial charge in [-0.3, -0.25) is 9.59 Å². The van der Waals surface area contributed by atoms with Crippen LogP contribution in [0, 0.1) is 0 Å². The van der Waals surface area contributed by atoms with Crippen molar-refractivity contribution in [3.05, 3.63) is 63.6 Å². The lowest BCUT2D eigenvalue weighted by atomic mass is 9.87. The Morgan fingerprint density at radius 3 is 2.69 bits per heavy atom. The van der Waals surface area contributed by atoms with Gasteiger partial charge in [0.25, 0.3) is 5.91 Å². The second-order valence-corrected chi connectivity index (χ2v) is 7.38. The van der Waals surface area contributed by atoms with Crippen LogP contribution in [0.4, 0.5) is 0 Å². The lowest BCUT2D eigenvalue weighted by molar-refractivity contribution is 0.0520. The van der Waals surface area contributed by atoms with E-state index in [0.29, 0.717) is 0 Å². The van der Waals surface area contributed by atoms with Crippen LogP contribution >= 0.6 is 0 Å². The third-order valence-electron chi connectivity index (χ3n) is 5.53. The van der Waals surface area contributed by atoms with Crippen LogP contribution in [-0.4, -0.2) is 29.1 Å². The lowest BCUT2D eigenvalue weighted by Crippen LogP contribution is -2.50. The number of nitrogens with one attached hydrogen (secondary N) is 1. The van der Waals surface area contributed by atoms with E-state index in [2.05, 4.69) is 5.32 Å². The van der Waals surface area contributed by atoms with Gasteiger partial charge in [-0.2, -0.15) is 0 Å². The van der Waals surface area contributed by atoms with Gasteiger partial charge in [-0.15, -0.1) is 0 Å². The zero-order valence-corrected chi connectivity index (χ0v) is 16.3. The third-order valence-corrected chi connectivity index (χ3v) is 5.53. The molecule has 1 amide bonds. The van der Waals surface area contributed by atoms with Crippen LogP contribution in [0.2, 0.25) is 0 Å². The van der Waals surface area contributed by atoms with E-state index in [4.69, 9.17) is 9.47 Å². The molecule has 1 saturated carbocycles. The Balaban J connectivity index is 1.81. The first kappa shape index (κ1) is 19.2. The van der Waals surface area contributed by atoms with E-state index in [1.807, 2.05) is 30.3 Å². The summed E-state index contributed by atoms with van der Waals surface area (Å²) in [5.41, 5.74) is 0.328. The SMILES string of the molecule is CCOC(=O)c1cn2c(c(OCc3ccccc3)c1=O)C(=O)NC1CCCCC12. The molecule has 2 aliphatic rings. The second kappa shape index (κ2) is 8.11. The molecule has 0 saturated heterocycles. The van der Waals surface area contributed by atoms with Gasteiger partial charge in [-0.05, 0) is 25.3 Å². The van der Waals surface area contributed by atoms with Crippen molar-refractivity contribution < 1.29 is 19.1 Å². The number of esters is 1. The van der Waals surface area contributed by atoms with Crippen molar-refractivity contribution in [1.82, 2.24) is 9.88 Å². The van der Waals surface area contributed by atoms with Crippen LogP contribution in [0.1, 0.15) is 65.1 Å². The Hall–Kier alpha value is -3.09. The van der Waals surface area contributed by atoms with Gasteiger partial charge in [0.1, 0.15) is 12.2 Å². The molecule has 2 heterocycles. The summed E-state index contributed by atoms with van der Waals surface area (Å²) in [5.74, 6) is -1.14. The smallest absolute Gasteiger partial charge is 0.343 e. The highest BCUT2D eigenvalue weighted by atomic mass is 16.5. The van der Waals surface area contributed by atoms with Crippen LogP contribution in [0.15, 0.2) is 41.3 Å². The second-order valence-electron chi connectivity index (χ2n) is 7.38. The van der Waals surface area contributed by atoms with E-state index in [1.165, 1.54) is 6.20 Å². The summed E-state index contributed by atoms with van der Waals surface area (Å²) < 4.78 is 12.7. The number of hydrogen-bond donors (Lipinski definition) is 1. The van der Waals surface area contributed by atoms with Gasteiger partial charge >= 0.3 is 5.97 Å². The number of pyridine rings is 1. The number of carbonyl (C=O) groups is 2. The first-order valence-corrected chi connectivity index (χ1v) is 10.0. The van der Waals surface area contributed by atoms with Crippen molar-refractivity contribution >= 4 is 11.9 Å².